The van der Waals surface area contributed by atoms with Gasteiger partial charge in [0.2, 0.25) is 0 Å². The quantitative estimate of drug-likeness (QED) is 0.539. The van der Waals surface area contributed by atoms with Crippen LogP contribution in [0.3, 0.4) is 0 Å². The number of nitrogens with one attached hydrogen (secondary N) is 1. The van der Waals surface area contributed by atoms with Gasteiger partial charge in [0.15, 0.2) is 6.10 Å². The minimum absolute atomic E-state index is 0.00723. The fraction of sp³-hybridized carbons (Fsp3) is 0.600. The maximum Gasteiger partial charge on any atom is 0.332 e. The highest BCUT2D eigenvalue weighted by atomic mass is 16.4. The molecule has 0 aliphatic carbocycles. The maximum absolute atomic E-state index is 11.5. The molecule has 0 spiro atoms. The molecule has 0 aromatic heterocycles. The first-order chi connectivity index (χ1) is 7.52. The van der Waals surface area contributed by atoms with Crippen LogP contribution < -0.4 is 5.32 Å². The van der Waals surface area contributed by atoms with Gasteiger partial charge in [0, 0.05) is 26.1 Å². The van der Waals surface area contributed by atoms with Crippen LogP contribution in [0.15, 0.2) is 12.7 Å². The molecule has 0 aromatic carbocycles. The number of carboxylic acids is 1. The van der Waals surface area contributed by atoms with Gasteiger partial charge in [0.05, 0.1) is 0 Å². The van der Waals surface area contributed by atoms with Crippen molar-refractivity contribution < 1.29 is 19.8 Å². The number of rotatable bonds is 7. The van der Waals surface area contributed by atoms with Crippen LogP contribution in [-0.2, 0) is 4.79 Å². The SMILES string of the molecule is C=CCN(CC)C(=O)NCC[C@H](O)C(=O)O. The molecule has 0 radical (unpaired) electrons. The Morgan fingerprint density at radius 2 is 2.19 bits per heavy atom. The highest BCUT2D eigenvalue weighted by Crippen LogP contribution is 1.92. The van der Waals surface area contributed by atoms with E-state index in [2.05, 4.69) is 11.9 Å². The summed E-state index contributed by atoms with van der Waals surface area (Å²) in [7, 11) is 0. The lowest BCUT2D eigenvalue weighted by molar-refractivity contribution is -0.146. The van der Waals surface area contributed by atoms with Crippen LogP contribution in [0, 0.1) is 0 Å². The molecule has 0 aliphatic heterocycles. The molecule has 3 N–H and O–H groups in total. The molecule has 0 saturated carbocycles. The standard InChI is InChI=1S/C10H18N2O4/c1-3-7-12(4-2)10(16)11-6-5-8(13)9(14)15/h3,8,13H,1,4-7H2,2H3,(H,11,16)(H,14,15)/t8-/m0/s1. The fourth-order valence-electron chi connectivity index (χ4n) is 1.06. The maximum atomic E-state index is 11.5. The minimum atomic E-state index is -1.44. The predicted octanol–water partition coefficient (Wildman–Crippen LogP) is 0.0395. The topological polar surface area (TPSA) is 89.9 Å². The second-order valence-electron chi connectivity index (χ2n) is 3.20. The van der Waals surface area contributed by atoms with Crippen LogP contribution in [-0.4, -0.2) is 52.9 Å². The molecular weight excluding hydrogens is 212 g/mol. The van der Waals surface area contributed by atoms with E-state index in [1.54, 1.807) is 6.08 Å². The summed E-state index contributed by atoms with van der Waals surface area (Å²) >= 11 is 0. The zero-order valence-corrected chi connectivity index (χ0v) is 9.35. The molecule has 0 bridgehead atoms. The van der Waals surface area contributed by atoms with E-state index >= 15 is 0 Å². The second kappa shape index (κ2) is 7.70. The van der Waals surface area contributed by atoms with Gasteiger partial charge in [0.25, 0.3) is 0 Å². The first-order valence-electron chi connectivity index (χ1n) is 5.07. The molecule has 1 atom stereocenters. The average molecular weight is 230 g/mol. The highest BCUT2D eigenvalue weighted by Gasteiger charge is 2.14. The fourth-order valence-corrected chi connectivity index (χ4v) is 1.06. The minimum Gasteiger partial charge on any atom is -0.479 e. The third-order valence-electron chi connectivity index (χ3n) is 2.00. The van der Waals surface area contributed by atoms with Crippen molar-refractivity contribution in [3.8, 4) is 0 Å². The number of carbonyl (C=O) groups excluding carboxylic acids is 1. The van der Waals surface area contributed by atoms with Crippen LogP contribution in [0.25, 0.3) is 0 Å². The largest absolute Gasteiger partial charge is 0.479 e. The smallest absolute Gasteiger partial charge is 0.332 e. The molecule has 0 fully saturated rings. The number of hydrogen-bond acceptors (Lipinski definition) is 3. The van der Waals surface area contributed by atoms with Gasteiger partial charge in [-0.15, -0.1) is 6.58 Å². The van der Waals surface area contributed by atoms with Gasteiger partial charge < -0.3 is 20.4 Å². The Kier molecular flexibility index (Phi) is 6.95. The van der Waals surface area contributed by atoms with Gasteiger partial charge in [-0.2, -0.15) is 0 Å². The molecule has 16 heavy (non-hydrogen) atoms. The summed E-state index contributed by atoms with van der Waals surface area (Å²) in [6.07, 6.45) is 0.164. The van der Waals surface area contributed by atoms with Crippen LogP contribution in [0.5, 0.6) is 0 Å². The first-order valence-corrected chi connectivity index (χ1v) is 5.07. The Bertz CT molecular complexity index is 255. The molecule has 2 amide bonds. The second-order valence-corrected chi connectivity index (χ2v) is 3.20. The van der Waals surface area contributed by atoms with Crippen LogP contribution in [0.2, 0.25) is 0 Å². The number of carboxylic acid groups (broad SMARTS) is 1. The van der Waals surface area contributed by atoms with Gasteiger partial charge in [0.1, 0.15) is 0 Å². The van der Waals surface area contributed by atoms with Crippen molar-refractivity contribution in [1.29, 1.82) is 0 Å². The van der Waals surface area contributed by atoms with E-state index in [0.29, 0.717) is 13.1 Å². The summed E-state index contributed by atoms with van der Waals surface area (Å²) < 4.78 is 0. The first kappa shape index (κ1) is 14.4. The number of aliphatic hydroxyl groups is 1. The van der Waals surface area contributed by atoms with E-state index in [1.807, 2.05) is 6.92 Å². The molecule has 0 aliphatic rings. The molecule has 0 heterocycles. The van der Waals surface area contributed by atoms with Crippen molar-refractivity contribution >= 4 is 12.0 Å². The van der Waals surface area contributed by atoms with Gasteiger partial charge in [-0.25, -0.2) is 9.59 Å². The number of carbonyl (C=O) groups is 2. The van der Waals surface area contributed by atoms with Gasteiger partial charge in [-0.05, 0) is 6.92 Å². The molecule has 92 valence electrons. The molecule has 6 nitrogen and oxygen atoms in total. The zero-order valence-electron chi connectivity index (χ0n) is 9.35. The average Bonchev–Trinajstić information content (AvgIpc) is 2.25. The van der Waals surface area contributed by atoms with Crippen LogP contribution in [0.1, 0.15) is 13.3 Å². The summed E-state index contributed by atoms with van der Waals surface area (Å²) in [6, 6.07) is -0.292. The molecule has 0 aromatic rings. The van der Waals surface area contributed by atoms with Crippen molar-refractivity contribution in [2.24, 2.45) is 0 Å². The van der Waals surface area contributed by atoms with E-state index in [1.165, 1.54) is 4.90 Å². The van der Waals surface area contributed by atoms with E-state index in [9.17, 15) is 9.59 Å². The summed E-state index contributed by atoms with van der Waals surface area (Å²) in [5, 5.41) is 19.9. The van der Waals surface area contributed by atoms with E-state index in [4.69, 9.17) is 10.2 Å². The Hall–Kier alpha value is -1.56. The van der Waals surface area contributed by atoms with E-state index in [0.717, 1.165) is 0 Å². The third kappa shape index (κ3) is 5.35. The monoisotopic (exact) mass is 230 g/mol. The van der Waals surface area contributed by atoms with E-state index < -0.39 is 12.1 Å². The van der Waals surface area contributed by atoms with Crippen molar-refractivity contribution in [3.05, 3.63) is 12.7 Å². The highest BCUT2D eigenvalue weighted by molar-refractivity contribution is 5.74. The summed E-state index contributed by atoms with van der Waals surface area (Å²) in [5.41, 5.74) is 0. The molecule has 6 heteroatoms. The number of likely N-dealkylation sites (N-methyl/N-ethyl adjacent to an activating group) is 1. The lowest BCUT2D eigenvalue weighted by Gasteiger charge is -2.19. The summed E-state index contributed by atoms with van der Waals surface area (Å²) in [6.45, 7) is 6.45. The number of aliphatic hydroxyl groups excluding tert-OH is 1. The Morgan fingerprint density at radius 3 is 2.62 bits per heavy atom. The Morgan fingerprint density at radius 1 is 1.56 bits per heavy atom. The predicted molar refractivity (Wildman–Crippen MR) is 59.1 cm³/mol. The lowest BCUT2D eigenvalue weighted by Crippen LogP contribution is -2.41. The van der Waals surface area contributed by atoms with Crippen LogP contribution in [0.4, 0.5) is 4.79 Å². The third-order valence-corrected chi connectivity index (χ3v) is 2.00. The van der Waals surface area contributed by atoms with Crippen molar-refractivity contribution in [2.45, 2.75) is 19.4 Å². The van der Waals surface area contributed by atoms with Gasteiger partial charge in [-0.1, -0.05) is 6.08 Å². The number of nitrogens with zero attached hydrogens (tertiary/aromatic N) is 1. The van der Waals surface area contributed by atoms with Gasteiger partial charge >= 0.3 is 12.0 Å². The molecule has 0 unspecified atom stereocenters. The number of amides is 2. The normalized spacial score (nSPS) is 11.6. The van der Waals surface area contributed by atoms with Crippen LogP contribution >= 0.6 is 0 Å². The van der Waals surface area contributed by atoms with E-state index in [-0.39, 0.29) is 19.0 Å². The number of urea groups is 1. The van der Waals surface area contributed by atoms with Crippen molar-refractivity contribution in [2.75, 3.05) is 19.6 Å². The number of aliphatic carboxylic acids is 1. The Balaban J connectivity index is 3.87. The lowest BCUT2D eigenvalue weighted by atomic mass is 10.2. The Labute approximate surface area is 94.6 Å². The van der Waals surface area contributed by atoms with Gasteiger partial charge in [-0.3, -0.25) is 0 Å². The van der Waals surface area contributed by atoms with Crippen molar-refractivity contribution in [3.63, 3.8) is 0 Å². The summed E-state index contributed by atoms with van der Waals surface area (Å²) in [4.78, 5) is 23.2. The molecule has 0 rings (SSSR count). The molecule has 0 saturated heterocycles. The molecular formula is C10H18N2O4. The zero-order chi connectivity index (χ0) is 12.6. The summed E-state index contributed by atoms with van der Waals surface area (Å²) in [5.74, 6) is -1.28. The van der Waals surface area contributed by atoms with Crippen molar-refractivity contribution in [1.82, 2.24) is 10.2 Å². The number of hydrogen-bond donors (Lipinski definition) is 3.